The van der Waals surface area contributed by atoms with Crippen molar-refractivity contribution in [2.24, 2.45) is 0 Å². The lowest BCUT2D eigenvalue weighted by atomic mass is 9.99. The molecule has 0 aliphatic carbocycles. The Morgan fingerprint density at radius 2 is 1.78 bits per heavy atom. The highest BCUT2D eigenvalue weighted by atomic mass is 35.5. The molecule has 1 rings (SSSR count). The second-order valence-electron chi connectivity index (χ2n) is 4.79. The fourth-order valence-electron chi connectivity index (χ4n) is 2.16. The van der Waals surface area contributed by atoms with E-state index in [9.17, 15) is 0 Å². The molecule has 1 unspecified atom stereocenters. The van der Waals surface area contributed by atoms with E-state index in [1.54, 1.807) is 7.11 Å². The van der Waals surface area contributed by atoms with Crippen LogP contribution in [0.1, 0.15) is 37.3 Å². The predicted molar refractivity (Wildman–Crippen MR) is 78.6 cm³/mol. The number of unbranched alkanes of at least 4 members (excludes halogenated alkanes) is 2. The molecule has 102 valence electrons. The number of hydrogen-bond acceptors (Lipinski definition) is 2. The summed E-state index contributed by atoms with van der Waals surface area (Å²) in [5.41, 5.74) is 1.35. The van der Waals surface area contributed by atoms with Gasteiger partial charge in [-0.25, -0.2) is 0 Å². The number of nitrogens with zero attached hydrogens (tertiary/aromatic N) is 1. The Labute approximate surface area is 116 Å². The van der Waals surface area contributed by atoms with Crippen molar-refractivity contribution < 1.29 is 4.74 Å². The normalized spacial score (nSPS) is 12.7. The minimum Gasteiger partial charge on any atom is -0.497 e. The standard InChI is InChI=1S/C15H24ClNO/c1-17(2)15(7-5-4-6-12-16)13-8-10-14(18-3)11-9-13/h8-11,15H,4-7,12H2,1-3H3. The Balaban J connectivity index is 2.59. The monoisotopic (exact) mass is 269 g/mol. The van der Waals surface area contributed by atoms with Gasteiger partial charge in [0.05, 0.1) is 7.11 Å². The third-order valence-electron chi connectivity index (χ3n) is 3.24. The Morgan fingerprint density at radius 1 is 1.11 bits per heavy atom. The van der Waals surface area contributed by atoms with Crippen LogP contribution in [0.25, 0.3) is 0 Å². The highest BCUT2D eigenvalue weighted by Crippen LogP contribution is 2.26. The number of halogens is 1. The number of alkyl halides is 1. The van der Waals surface area contributed by atoms with E-state index >= 15 is 0 Å². The predicted octanol–water partition coefficient (Wildman–Crippen LogP) is 4.10. The molecule has 0 aromatic heterocycles. The third-order valence-corrected chi connectivity index (χ3v) is 3.50. The quantitative estimate of drug-likeness (QED) is 0.520. The average Bonchev–Trinajstić information content (AvgIpc) is 2.39. The Hall–Kier alpha value is -0.730. The lowest BCUT2D eigenvalue weighted by Gasteiger charge is -2.25. The van der Waals surface area contributed by atoms with E-state index in [0.717, 1.165) is 18.1 Å². The molecule has 0 radical (unpaired) electrons. The summed E-state index contributed by atoms with van der Waals surface area (Å²) in [6.45, 7) is 0. The van der Waals surface area contributed by atoms with Crippen LogP contribution in [0.3, 0.4) is 0 Å². The molecule has 18 heavy (non-hydrogen) atoms. The number of methoxy groups -OCH3 is 1. The van der Waals surface area contributed by atoms with Crippen LogP contribution in [0.4, 0.5) is 0 Å². The molecule has 0 aliphatic rings. The highest BCUT2D eigenvalue weighted by Gasteiger charge is 2.13. The first-order chi connectivity index (χ1) is 8.69. The van der Waals surface area contributed by atoms with Gasteiger partial charge in [0.15, 0.2) is 0 Å². The maximum Gasteiger partial charge on any atom is 0.118 e. The van der Waals surface area contributed by atoms with Gasteiger partial charge >= 0.3 is 0 Å². The number of hydrogen-bond donors (Lipinski definition) is 0. The van der Waals surface area contributed by atoms with E-state index < -0.39 is 0 Å². The van der Waals surface area contributed by atoms with E-state index in [0.29, 0.717) is 6.04 Å². The summed E-state index contributed by atoms with van der Waals surface area (Å²) in [5, 5.41) is 0. The van der Waals surface area contributed by atoms with Gasteiger partial charge in [0.25, 0.3) is 0 Å². The molecule has 0 fully saturated rings. The van der Waals surface area contributed by atoms with Crippen molar-refractivity contribution in [2.45, 2.75) is 31.7 Å². The first-order valence-corrected chi connectivity index (χ1v) is 7.09. The van der Waals surface area contributed by atoms with Crippen molar-refractivity contribution in [3.63, 3.8) is 0 Å². The van der Waals surface area contributed by atoms with Crippen LogP contribution in [0.15, 0.2) is 24.3 Å². The molecule has 0 amide bonds. The summed E-state index contributed by atoms with van der Waals surface area (Å²) in [6, 6.07) is 8.86. The van der Waals surface area contributed by atoms with Gasteiger partial charge < -0.3 is 9.64 Å². The lowest BCUT2D eigenvalue weighted by Crippen LogP contribution is -2.19. The molecule has 0 saturated carbocycles. The summed E-state index contributed by atoms with van der Waals surface area (Å²) < 4.78 is 5.19. The molecule has 0 N–H and O–H groups in total. The second-order valence-corrected chi connectivity index (χ2v) is 5.17. The van der Waals surface area contributed by atoms with E-state index in [1.807, 2.05) is 12.1 Å². The van der Waals surface area contributed by atoms with Crippen molar-refractivity contribution in [3.8, 4) is 5.75 Å². The maximum atomic E-state index is 5.71. The van der Waals surface area contributed by atoms with Gasteiger partial charge in [-0.1, -0.05) is 25.0 Å². The van der Waals surface area contributed by atoms with Crippen molar-refractivity contribution in [3.05, 3.63) is 29.8 Å². The third kappa shape index (κ3) is 4.87. The van der Waals surface area contributed by atoms with E-state index in [1.165, 1.54) is 24.8 Å². The first-order valence-electron chi connectivity index (χ1n) is 6.55. The van der Waals surface area contributed by atoms with Crippen LogP contribution < -0.4 is 4.74 Å². The Kier molecular flexibility index (Phi) is 7.14. The Morgan fingerprint density at radius 3 is 2.28 bits per heavy atom. The number of rotatable bonds is 8. The smallest absolute Gasteiger partial charge is 0.118 e. The molecule has 0 spiro atoms. The second kappa shape index (κ2) is 8.39. The molecule has 3 heteroatoms. The lowest BCUT2D eigenvalue weighted by molar-refractivity contribution is 0.277. The van der Waals surface area contributed by atoms with Gasteiger partial charge in [-0.2, -0.15) is 0 Å². The fraction of sp³-hybridized carbons (Fsp3) is 0.600. The minimum atomic E-state index is 0.478. The molecular formula is C15H24ClNO. The van der Waals surface area contributed by atoms with Crippen molar-refractivity contribution >= 4 is 11.6 Å². The van der Waals surface area contributed by atoms with Crippen LogP contribution in [0.2, 0.25) is 0 Å². The van der Waals surface area contributed by atoms with Gasteiger partial charge in [0.2, 0.25) is 0 Å². The van der Waals surface area contributed by atoms with Gasteiger partial charge in [-0.3, -0.25) is 0 Å². The van der Waals surface area contributed by atoms with E-state index in [-0.39, 0.29) is 0 Å². The van der Waals surface area contributed by atoms with Crippen LogP contribution in [-0.4, -0.2) is 32.0 Å². The summed E-state index contributed by atoms with van der Waals surface area (Å²) in [7, 11) is 5.97. The van der Waals surface area contributed by atoms with Crippen LogP contribution >= 0.6 is 11.6 Å². The molecule has 1 aromatic rings. The van der Waals surface area contributed by atoms with Crippen molar-refractivity contribution in [1.29, 1.82) is 0 Å². The zero-order valence-corrected chi connectivity index (χ0v) is 12.4. The summed E-state index contributed by atoms with van der Waals surface area (Å²) in [6.07, 6.45) is 4.73. The van der Waals surface area contributed by atoms with E-state index in [4.69, 9.17) is 16.3 Å². The SMILES string of the molecule is COc1ccc(C(CCCCCCl)N(C)C)cc1. The largest absolute Gasteiger partial charge is 0.497 e. The maximum absolute atomic E-state index is 5.71. The molecule has 0 heterocycles. The Bertz CT molecular complexity index is 324. The first kappa shape index (κ1) is 15.3. The van der Waals surface area contributed by atoms with E-state index in [2.05, 4.69) is 31.1 Å². The van der Waals surface area contributed by atoms with Gasteiger partial charge in [0.1, 0.15) is 5.75 Å². The van der Waals surface area contributed by atoms with Crippen LogP contribution in [0.5, 0.6) is 5.75 Å². The zero-order chi connectivity index (χ0) is 13.4. The average molecular weight is 270 g/mol. The molecule has 1 atom stereocenters. The van der Waals surface area contributed by atoms with Gasteiger partial charge in [-0.15, -0.1) is 11.6 Å². The zero-order valence-electron chi connectivity index (χ0n) is 11.7. The molecule has 0 saturated heterocycles. The molecule has 0 aliphatic heterocycles. The van der Waals surface area contributed by atoms with Crippen molar-refractivity contribution in [2.75, 3.05) is 27.1 Å². The topological polar surface area (TPSA) is 12.5 Å². The minimum absolute atomic E-state index is 0.478. The highest BCUT2D eigenvalue weighted by molar-refractivity contribution is 6.17. The summed E-state index contributed by atoms with van der Waals surface area (Å²) >= 11 is 5.71. The summed E-state index contributed by atoms with van der Waals surface area (Å²) in [4.78, 5) is 2.28. The van der Waals surface area contributed by atoms with Crippen molar-refractivity contribution in [1.82, 2.24) is 4.90 Å². The molecule has 0 bridgehead atoms. The van der Waals surface area contributed by atoms with Crippen LogP contribution in [-0.2, 0) is 0 Å². The number of ether oxygens (including phenoxy) is 1. The molecule has 1 aromatic carbocycles. The van der Waals surface area contributed by atoms with Gasteiger partial charge in [-0.05, 0) is 44.6 Å². The van der Waals surface area contributed by atoms with Gasteiger partial charge in [0, 0.05) is 11.9 Å². The fourth-order valence-corrected chi connectivity index (χ4v) is 2.35. The number of benzene rings is 1. The summed E-state index contributed by atoms with van der Waals surface area (Å²) in [5.74, 6) is 1.69. The molecule has 2 nitrogen and oxygen atoms in total. The molecular weight excluding hydrogens is 246 g/mol. The van der Waals surface area contributed by atoms with Crippen LogP contribution in [0, 0.1) is 0 Å².